The van der Waals surface area contributed by atoms with E-state index in [-0.39, 0.29) is 48.6 Å². The van der Waals surface area contributed by atoms with E-state index in [0.29, 0.717) is 29.5 Å². The number of anilines is 2. The predicted octanol–water partition coefficient (Wildman–Crippen LogP) is 4.01. The highest BCUT2D eigenvalue weighted by molar-refractivity contribution is 6.26. The Morgan fingerprint density at radius 3 is 2.50 bits per heavy atom. The average molecular weight is 542 g/mol. The van der Waals surface area contributed by atoms with Crippen molar-refractivity contribution in [1.82, 2.24) is 9.80 Å². The number of piperidine rings is 1. The molecule has 202 valence electrons. The molecule has 0 radical (unpaired) electrons. The fourth-order valence-electron chi connectivity index (χ4n) is 5.31. The number of hydrogen-bond acceptors (Lipinski definition) is 8. The Morgan fingerprint density at radius 1 is 0.974 bits per heavy atom. The quantitative estimate of drug-likeness (QED) is 0.395. The fourth-order valence-corrected chi connectivity index (χ4v) is 5.31. The molecule has 1 unspecified atom stereocenters. The van der Waals surface area contributed by atoms with Gasteiger partial charge in [-0.15, -0.1) is 12.4 Å². The summed E-state index contributed by atoms with van der Waals surface area (Å²) in [4.78, 5) is 54.0. The van der Waals surface area contributed by atoms with E-state index in [1.165, 1.54) is 19.3 Å². The van der Waals surface area contributed by atoms with Crippen molar-refractivity contribution in [3.05, 3.63) is 47.5 Å². The lowest BCUT2D eigenvalue weighted by Crippen LogP contribution is -2.47. The minimum absolute atomic E-state index is 0. The first-order chi connectivity index (χ1) is 18.0. The third-order valence-corrected chi connectivity index (χ3v) is 7.26. The number of ketones is 2. The molecule has 0 spiro atoms. The molecule has 10 heteroatoms. The van der Waals surface area contributed by atoms with Gasteiger partial charge in [0.05, 0.1) is 42.1 Å². The van der Waals surface area contributed by atoms with E-state index in [4.69, 9.17) is 9.47 Å². The SMILES string of the molecule is COc1cc(OCCN2CCCCC2)ccc1Nc1cccc2c1C(=O)N(C1CCC(=O)CC1=O)C2=O.Cl. The lowest BCUT2D eigenvalue weighted by molar-refractivity contribution is -0.132. The summed E-state index contributed by atoms with van der Waals surface area (Å²) in [5, 5.41) is 3.22. The van der Waals surface area contributed by atoms with Crippen LogP contribution in [0.2, 0.25) is 0 Å². The molecule has 0 bridgehead atoms. The molecule has 0 aromatic heterocycles. The monoisotopic (exact) mass is 541 g/mol. The van der Waals surface area contributed by atoms with Gasteiger partial charge in [0, 0.05) is 19.0 Å². The van der Waals surface area contributed by atoms with E-state index >= 15 is 0 Å². The van der Waals surface area contributed by atoms with Crippen LogP contribution in [0, 0.1) is 0 Å². The molecule has 38 heavy (non-hydrogen) atoms. The van der Waals surface area contributed by atoms with Crippen LogP contribution in [-0.4, -0.2) is 72.6 Å². The van der Waals surface area contributed by atoms with Gasteiger partial charge in [-0.1, -0.05) is 12.5 Å². The number of imide groups is 1. The number of Topliss-reactive ketones (excluding diaryl/α,β-unsaturated/α-hetero) is 2. The summed E-state index contributed by atoms with van der Waals surface area (Å²) in [5.41, 5.74) is 1.49. The number of carbonyl (C=O) groups is 4. The highest BCUT2D eigenvalue weighted by Crippen LogP contribution is 2.37. The summed E-state index contributed by atoms with van der Waals surface area (Å²) < 4.78 is 11.5. The first kappa shape index (κ1) is 27.6. The van der Waals surface area contributed by atoms with Crippen LogP contribution in [0.25, 0.3) is 0 Å². The summed E-state index contributed by atoms with van der Waals surface area (Å²) in [5.74, 6) is -0.389. The van der Waals surface area contributed by atoms with Gasteiger partial charge in [-0.2, -0.15) is 0 Å². The number of hydrogen-bond donors (Lipinski definition) is 1. The number of fused-ring (bicyclic) bond motifs is 1. The standard InChI is InChI=1S/C28H31N3O6.ClH/c1-36-25-17-19(37-15-14-30-12-3-2-4-13-30)9-10-21(25)29-22-7-5-6-20-26(22)28(35)31(27(20)34)23-11-8-18(32)16-24(23)33;/h5-7,9-10,17,23,29H,2-4,8,11-16H2,1H3;1H. The lowest BCUT2D eigenvalue weighted by atomic mass is 9.92. The summed E-state index contributed by atoms with van der Waals surface area (Å²) in [7, 11) is 1.56. The number of methoxy groups -OCH3 is 1. The molecule has 1 aliphatic carbocycles. The van der Waals surface area contributed by atoms with Gasteiger partial charge in [0.25, 0.3) is 11.8 Å². The predicted molar refractivity (Wildman–Crippen MR) is 144 cm³/mol. The van der Waals surface area contributed by atoms with Crippen LogP contribution < -0.4 is 14.8 Å². The lowest BCUT2D eigenvalue weighted by Gasteiger charge is -2.27. The summed E-state index contributed by atoms with van der Waals surface area (Å²) in [6.07, 6.45) is 3.87. The maximum Gasteiger partial charge on any atom is 0.264 e. The smallest absolute Gasteiger partial charge is 0.264 e. The molecule has 2 aromatic carbocycles. The number of nitrogens with zero attached hydrogens (tertiary/aromatic N) is 2. The van der Waals surface area contributed by atoms with E-state index in [2.05, 4.69) is 10.2 Å². The molecule has 1 saturated heterocycles. The van der Waals surface area contributed by atoms with Gasteiger partial charge in [0.1, 0.15) is 23.9 Å². The fraction of sp³-hybridized carbons (Fsp3) is 0.429. The molecule has 1 saturated carbocycles. The second-order valence-corrected chi connectivity index (χ2v) is 9.68. The zero-order valence-electron chi connectivity index (χ0n) is 21.4. The van der Waals surface area contributed by atoms with Crippen molar-refractivity contribution in [3.63, 3.8) is 0 Å². The average Bonchev–Trinajstić information content (AvgIpc) is 3.16. The number of rotatable bonds is 8. The Bertz CT molecular complexity index is 1240. The molecular formula is C28H32ClN3O6. The molecule has 1 atom stereocenters. The van der Waals surface area contributed by atoms with Crippen LogP contribution >= 0.6 is 12.4 Å². The third-order valence-electron chi connectivity index (χ3n) is 7.26. The third kappa shape index (κ3) is 5.54. The van der Waals surface area contributed by atoms with Crippen molar-refractivity contribution in [2.75, 3.05) is 38.7 Å². The van der Waals surface area contributed by atoms with Crippen molar-refractivity contribution in [2.45, 2.75) is 44.6 Å². The van der Waals surface area contributed by atoms with Crippen LogP contribution in [-0.2, 0) is 9.59 Å². The zero-order valence-corrected chi connectivity index (χ0v) is 22.2. The van der Waals surface area contributed by atoms with Gasteiger partial charge in [-0.05, 0) is 56.6 Å². The number of likely N-dealkylation sites (tertiary alicyclic amines) is 1. The van der Waals surface area contributed by atoms with Crippen molar-refractivity contribution in [2.24, 2.45) is 0 Å². The number of amides is 2. The van der Waals surface area contributed by atoms with Gasteiger partial charge in [0.15, 0.2) is 5.78 Å². The van der Waals surface area contributed by atoms with Gasteiger partial charge < -0.3 is 14.8 Å². The van der Waals surface area contributed by atoms with Gasteiger partial charge in [-0.3, -0.25) is 29.0 Å². The zero-order chi connectivity index (χ0) is 25.9. The van der Waals surface area contributed by atoms with Crippen LogP contribution in [0.5, 0.6) is 11.5 Å². The maximum absolute atomic E-state index is 13.4. The number of nitrogens with one attached hydrogen (secondary N) is 1. The molecule has 2 amide bonds. The number of halogens is 1. The first-order valence-electron chi connectivity index (χ1n) is 12.8. The summed E-state index contributed by atoms with van der Waals surface area (Å²) in [6, 6.07) is 9.50. The van der Waals surface area contributed by atoms with Gasteiger partial charge in [0.2, 0.25) is 0 Å². The largest absolute Gasteiger partial charge is 0.494 e. The number of benzene rings is 2. The van der Waals surface area contributed by atoms with Gasteiger partial charge in [-0.25, -0.2) is 0 Å². The molecule has 5 rings (SSSR count). The normalized spacial score (nSPS) is 19.7. The second-order valence-electron chi connectivity index (χ2n) is 9.68. The van der Waals surface area contributed by atoms with Crippen LogP contribution in [0.3, 0.4) is 0 Å². The molecule has 2 heterocycles. The first-order valence-corrected chi connectivity index (χ1v) is 12.8. The van der Waals surface area contributed by atoms with Crippen molar-refractivity contribution < 1.29 is 28.7 Å². The molecule has 9 nitrogen and oxygen atoms in total. The molecule has 2 fully saturated rings. The molecule has 2 aromatic rings. The van der Waals surface area contributed by atoms with Crippen LogP contribution in [0.4, 0.5) is 11.4 Å². The van der Waals surface area contributed by atoms with E-state index in [9.17, 15) is 19.2 Å². The Hall–Kier alpha value is -3.43. The van der Waals surface area contributed by atoms with Crippen LogP contribution in [0.1, 0.15) is 59.2 Å². The van der Waals surface area contributed by atoms with Gasteiger partial charge >= 0.3 is 0 Å². The Morgan fingerprint density at radius 2 is 1.76 bits per heavy atom. The number of ether oxygens (including phenoxy) is 2. The van der Waals surface area contributed by atoms with Crippen LogP contribution in [0.15, 0.2) is 36.4 Å². The van der Waals surface area contributed by atoms with E-state index in [1.807, 2.05) is 12.1 Å². The highest BCUT2D eigenvalue weighted by atomic mass is 35.5. The van der Waals surface area contributed by atoms with Crippen molar-refractivity contribution in [1.29, 1.82) is 0 Å². The van der Waals surface area contributed by atoms with Crippen molar-refractivity contribution in [3.8, 4) is 11.5 Å². The summed E-state index contributed by atoms with van der Waals surface area (Å²) >= 11 is 0. The molecule has 1 N–H and O–H groups in total. The highest BCUT2D eigenvalue weighted by Gasteiger charge is 2.45. The maximum atomic E-state index is 13.4. The van der Waals surface area contributed by atoms with E-state index in [1.54, 1.807) is 31.4 Å². The minimum Gasteiger partial charge on any atom is -0.494 e. The molecule has 2 aliphatic heterocycles. The Kier molecular flexibility index (Phi) is 8.69. The topological polar surface area (TPSA) is 105 Å². The molecular weight excluding hydrogens is 510 g/mol. The van der Waals surface area contributed by atoms with E-state index in [0.717, 1.165) is 24.5 Å². The molecule has 3 aliphatic rings. The van der Waals surface area contributed by atoms with E-state index < -0.39 is 23.6 Å². The van der Waals surface area contributed by atoms with Crippen molar-refractivity contribution >= 4 is 47.2 Å². The second kappa shape index (κ2) is 12.0. The number of carbonyl (C=O) groups excluding carboxylic acids is 4. The Balaban J connectivity index is 0.00000336. The minimum atomic E-state index is -0.908. The Labute approximate surface area is 227 Å². The summed E-state index contributed by atoms with van der Waals surface area (Å²) in [6.45, 7) is 3.69.